The number of benzene rings is 1. The first-order valence-corrected chi connectivity index (χ1v) is 8.08. The fourth-order valence-corrected chi connectivity index (χ4v) is 3.22. The van der Waals surface area contributed by atoms with Gasteiger partial charge in [0.1, 0.15) is 5.52 Å². The fraction of sp³-hybridized carbons (Fsp3) is 0.294. The molecule has 3 aromatic rings. The molecular weight excluding hydrogens is 322 g/mol. The average molecular weight is 339 g/mol. The molecule has 0 bridgehead atoms. The lowest BCUT2D eigenvalue weighted by Gasteiger charge is -2.34. The summed E-state index contributed by atoms with van der Waals surface area (Å²) in [6.45, 7) is 2.67. The summed E-state index contributed by atoms with van der Waals surface area (Å²) < 4.78 is 7.69. The second-order valence-corrected chi connectivity index (χ2v) is 5.93. The molecule has 8 heteroatoms. The van der Waals surface area contributed by atoms with Crippen molar-refractivity contribution in [2.24, 2.45) is 0 Å². The van der Waals surface area contributed by atoms with Crippen molar-refractivity contribution in [3.8, 4) is 0 Å². The minimum atomic E-state index is -0.367. The van der Waals surface area contributed by atoms with E-state index in [9.17, 15) is 10.1 Å². The van der Waals surface area contributed by atoms with Gasteiger partial charge in [-0.2, -0.15) is 5.10 Å². The van der Waals surface area contributed by atoms with E-state index in [2.05, 4.69) is 15.0 Å². The number of hydrogen-bond donors (Lipinski definition) is 0. The molecule has 0 aliphatic carbocycles. The van der Waals surface area contributed by atoms with Crippen molar-refractivity contribution in [1.29, 1.82) is 0 Å². The summed E-state index contributed by atoms with van der Waals surface area (Å²) in [6, 6.07) is 8.68. The molecule has 1 aliphatic heterocycles. The van der Waals surface area contributed by atoms with Crippen LogP contribution >= 0.6 is 0 Å². The number of rotatable bonds is 4. The third-order valence-corrected chi connectivity index (χ3v) is 4.35. The van der Waals surface area contributed by atoms with Gasteiger partial charge < -0.3 is 9.64 Å². The number of aromatic nitrogens is 3. The molecule has 0 spiro atoms. The van der Waals surface area contributed by atoms with Gasteiger partial charge in [-0.15, -0.1) is 0 Å². The molecule has 1 saturated heterocycles. The van der Waals surface area contributed by atoms with E-state index in [1.165, 1.54) is 0 Å². The molecule has 4 rings (SSSR count). The highest BCUT2D eigenvalue weighted by Crippen LogP contribution is 2.32. The van der Waals surface area contributed by atoms with Crippen molar-refractivity contribution in [3.63, 3.8) is 0 Å². The molecule has 128 valence electrons. The predicted octanol–water partition coefficient (Wildman–Crippen LogP) is 2.24. The number of non-ortho nitro benzene ring substituents is 1. The first-order chi connectivity index (χ1) is 12.2. The second kappa shape index (κ2) is 6.48. The molecule has 2 aromatic heterocycles. The summed E-state index contributed by atoms with van der Waals surface area (Å²) in [5, 5.41) is 16.0. The summed E-state index contributed by atoms with van der Waals surface area (Å²) in [5.74, 6) is 0. The molecule has 8 nitrogen and oxygen atoms in total. The molecule has 25 heavy (non-hydrogen) atoms. The molecule has 1 unspecified atom stereocenters. The molecule has 1 aliphatic rings. The zero-order valence-corrected chi connectivity index (χ0v) is 13.5. The minimum absolute atomic E-state index is 0.00241. The fourth-order valence-electron chi connectivity index (χ4n) is 3.22. The largest absolute Gasteiger partial charge is 0.373 e. The quantitative estimate of drug-likeness (QED) is 0.535. The van der Waals surface area contributed by atoms with Crippen LogP contribution in [-0.4, -0.2) is 45.5 Å². The van der Waals surface area contributed by atoms with Gasteiger partial charge in [0.2, 0.25) is 0 Å². The molecule has 3 heterocycles. The van der Waals surface area contributed by atoms with Gasteiger partial charge in [-0.05, 0) is 24.3 Å². The molecule has 1 aromatic carbocycles. The van der Waals surface area contributed by atoms with Crippen molar-refractivity contribution in [2.45, 2.75) is 12.6 Å². The number of ether oxygens (including phenoxy) is 1. The van der Waals surface area contributed by atoms with E-state index < -0.39 is 0 Å². The molecule has 1 fully saturated rings. The van der Waals surface area contributed by atoms with Crippen molar-refractivity contribution < 1.29 is 9.66 Å². The van der Waals surface area contributed by atoms with Crippen LogP contribution in [0.2, 0.25) is 0 Å². The van der Waals surface area contributed by atoms with Gasteiger partial charge >= 0.3 is 0 Å². The number of pyridine rings is 1. The van der Waals surface area contributed by atoms with Gasteiger partial charge in [-0.3, -0.25) is 19.8 Å². The number of hydrogen-bond acceptors (Lipinski definition) is 6. The Hall–Kier alpha value is -3.00. The van der Waals surface area contributed by atoms with Gasteiger partial charge in [0.25, 0.3) is 5.69 Å². The second-order valence-electron chi connectivity index (χ2n) is 5.93. The topological polar surface area (TPSA) is 86.3 Å². The lowest BCUT2D eigenvalue weighted by molar-refractivity contribution is -0.383. The average Bonchev–Trinajstić information content (AvgIpc) is 3.14. The summed E-state index contributed by atoms with van der Waals surface area (Å²) in [4.78, 5) is 17.5. The number of nitro groups is 1. The molecule has 0 amide bonds. The Morgan fingerprint density at radius 2 is 2.20 bits per heavy atom. The molecule has 0 saturated carbocycles. The third-order valence-electron chi connectivity index (χ3n) is 4.35. The highest BCUT2D eigenvalue weighted by Gasteiger charge is 2.24. The van der Waals surface area contributed by atoms with E-state index in [-0.39, 0.29) is 16.7 Å². The SMILES string of the molecule is O=[N+]([O-])c1ccc(N2CCOC(Cn3cccn3)C2)c2ncccc12. The van der Waals surface area contributed by atoms with E-state index in [1.54, 1.807) is 36.7 Å². The molecule has 0 N–H and O–H groups in total. The standard InChI is InChI=1S/C17H17N5O3/c23-22(24)15-4-5-16(17-14(15)3-1-6-18-17)20-9-10-25-13(11-20)12-21-8-2-7-19-21/h1-8,13H,9-12H2. The minimum Gasteiger partial charge on any atom is -0.373 e. The van der Waals surface area contributed by atoms with E-state index >= 15 is 0 Å². The summed E-state index contributed by atoms with van der Waals surface area (Å²) in [5.41, 5.74) is 1.62. The monoisotopic (exact) mass is 339 g/mol. The van der Waals surface area contributed by atoms with Gasteiger partial charge in [0.05, 0.1) is 35.3 Å². The van der Waals surface area contributed by atoms with Crippen LogP contribution in [0.3, 0.4) is 0 Å². The van der Waals surface area contributed by atoms with Gasteiger partial charge in [-0.1, -0.05) is 0 Å². The van der Waals surface area contributed by atoms with Crippen LogP contribution in [0.1, 0.15) is 0 Å². The first-order valence-electron chi connectivity index (χ1n) is 8.08. The van der Waals surface area contributed by atoms with Crippen LogP contribution in [0.25, 0.3) is 10.9 Å². The lowest BCUT2D eigenvalue weighted by atomic mass is 10.1. The zero-order chi connectivity index (χ0) is 17.2. The number of nitro benzene ring substituents is 1. The summed E-state index contributed by atoms with van der Waals surface area (Å²) >= 11 is 0. The van der Waals surface area contributed by atoms with E-state index in [0.717, 1.165) is 12.2 Å². The van der Waals surface area contributed by atoms with Crippen molar-refractivity contribution >= 4 is 22.3 Å². The highest BCUT2D eigenvalue weighted by atomic mass is 16.6. The van der Waals surface area contributed by atoms with Crippen LogP contribution in [0.5, 0.6) is 0 Å². The number of anilines is 1. The number of morpholine rings is 1. The zero-order valence-electron chi connectivity index (χ0n) is 13.5. The van der Waals surface area contributed by atoms with Crippen LogP contribution in [0.4, 0.5) is 11.4 Å². The van der Waals surface area contributed by atoms with Gasteiger partial charge in [0.15, 0.2) is 0 Å². The number of nitrogens with zero attached hydrogens (tertiary/aromatic N) is 5. The Balaban J connectivity index is 1.65. The van der Waals surface area contributed by atoms with Crippen LogP contribution < -0.4 is 4.90 Å². The van der Waals surface area contributed by atoms with E-state index in [1.807, 2.05) is 16.9 Å². The smallest absolute Gasteiger partial charge is 0.278 e. The van der Waals surface area contributed by atoms with Crippen LogP contribution in [0, 0.1) is 10.1 Å². The van der Waals surface area contributed by atoms with Gasteiger partial charge in [-0.25, -0.2) is 0 Å². The van der Waals surface area contributed by atoms with Crippen molar-refractivity contribution in [3.05, 3.63) is 59.0 Å². The maximum atomic E-state index is 11.3. The Labute approximate surface area is 143 Å². The van der Waals surface area contributed by atoms with Crippen LogP contribution in [0.15, 0.2) is 48.9 Å². The third kappa shape index (κ3) is 3.03. The summed E-state index contributed by atoms with van der Waals surface area (Å²) in [6.07, 6.45) is 5.32. The maximum absolute atomic E-state index is 11.3. The Morgan fingerprint density at radius 1 is 1.28 bits per heavy atom. The Morgan fingerprint density at radius 3 is 3.00 bits per heavy atom. The molecular formula is C17H17N5O3. The molecule has 0 radical (unpaired) electrons. The highest BCUT2D eigenvalue weighted by molar-refractivity contribution is 5.97. The first kappa shape index (κ1) is 15.5. The van der Waals surface area contributed by atoms with E-state index in [0.29, 0.717) is 30.6 Å². The van der Waals surface area contributed by atoms with Crippen molar-refractivity contribution in [2.75, 3.05) is 24.6 Å². The maximum Gasteiger partial charge on any atom is 0.278 e. The number of fused-ring (bicyclic) bond motifs is 1. The normalized spacial score (nSPS) is 17.8. The van der Waals surface area contributed by atoms with Crippen LogP contribution in [-0.2, 0) is 11.3 Å². The predicted molar refractivity (Wildman–Crippen MR) is 92.6 cm³/mol. The Kier molecular flexibility index (Phi) is 4.02. The van der Waals surface area contributed by atoms with Gasteiger partial charge in [0, 0.05) is 37.7 Å². The lowest BCUT2D eigenvalue weighted by Crippen LogP contribution is -2.44. The Bertz CT molecular complexity index is 896. The van der Waals surface area contributed by atoms with Crippen molar-refractivity contribution in [1.82, 2.24) is 14.8 Å². The van der Waals surface area contributed by atoms with E-state index in [4.69, 9.17) is 4.74 Å². The molecule has 1 atom stereocenters. The summed E-state index contributed by atoms with van der Waals surface area (Å²) in [7, 11) is 0.